The molecule has 0 aromatic rings. The van der Waals surface area contributed by atoms with E-state index in [1.165, 1.54) is 0 Å². The van der Waals surface area contributed by atoms with Gasteiger partial charge in [-0.25, -0.2) is 0 Å². The summed E-state index contributed by atoms with van der Waals surface area (Å²) in [5, 5.41) is 6.66. The molecule has 2 heterocycles. The molecule has 0 saturated carbocycles. The van der Waals surface area contributed by atoms with Crippen LogP contribution in [0, 0.1) is 5.92 Å². The molecular weight excluding hydrogens is 190 g/mol. The van der Waals surface area contributed by atoms with E-state index < -0.39 is 0 Å². The number of carbonyl (C=O) groups excluding carboxylic acids is 1. The fourth-order valence-corrected chi connectivity index (χ4v) is 2.45. The molecule has 1 amide bonds. The van der Waals surface area contributed by atoms with Gasteiger partial charge in [0.05, 0.1) is 5.92 Å². The molecule has 2 atom stereocenters. The summed E-state index contributed by atoms with van der Waals surface area (Å²) in [6.07, 6.45) is 2.20. The first-order valence-corrected chi connectivity index (χ1v) is 6.00. The number of carbonyl (C=O) groups is 1. The van der Waals surface area contributed by atoms with Crippen molar-refractivity contribution in [1.29, 1.82) is 0 Å². The summed E-state index contributed by atoms with van der Waals surface area (Å²) in [5.74, 6) is 0.583. The van der Waals surface area contributed by atoms with Crippen LogP contribution in [0.25, 0.3) is 0 Å². The molecule has 2 fully saturated rings. The van der Waals surface area contributed by atoms with Gasteiger partial charge in [-0.15, -0.1) is 0 Å². The van der Waals surface area contributed by atoms with E-state index in [2.05, 4.69) is 17.6 Å². The second-order valence-electron chi connectivity index (χ2n) is 4.68. The second kappa shape index (κ2) is 4.94. The maximum absolute atomic E-state index is 12.2. The molecule has 2 aliphatic rings. The van der Waals surface area contributed by atoms with E-state index in [9.17, 15) is 4.79 Å². The molecule has 86 valence electrons. The topological polar surface area (TPSA) is 44.4 Å². The molecule has 0 aliphatic carbocycles. The third-order valence-corrected chi connectivity index (χ3v) is 3.33. The maximum Gasteiger partial charge on any atom is 0.227 e. The number of hydrogen-bond donors (Lipinski definition) is 2. The minimum absolute atomic E-state index is 0.226. The van der Waals surface area contributed by atoms with E-state index in [1.54, 1.807) is 0 Å². The van der Waals surface area contributed by atoms with Gasteiger partial charge in [0, 0.05) is 32.2 Å². The summed E-state index contributed by atoms with van der Waals surface area (Å²) < 4.78 is 0. The molecule has 0 bridgehead atoms. The molecule has 2 rings (SSSR count). The monoisotopic (exact) mass is 211 g/mol. The number of nitrogens with zero attached hydrogens (tertiary/aromatic N) is 1. The Morgan fingerprint density at radius 3 is 2.93 bits per heavy atom. The van der Waals surface area contributed by atoms with Crippen molar-refractivity contribution in [3.05, 3.63) is 0 Å². The van der Waals surface area contributed by atoms with Crippen molar-refractivity contribution in [2.24, 2.45) is 5.92 Å². The van der Waals surface area contributed by atoms with Gasteiger partial charge in [0.25, 0.3) is 0 Å². The van der Waals surface area contributed by atoms with Gasteiger partial charge < -0.3 is 15.5 Å². The van der Waals surface area contributed by atoms with E-state index in [4.69, 9.17) is 0 Å². The van der Waals surface area contributed by atoms with Gasteiger partial charge in [-0.3, -0.25) is 4.79 Å². The quantitative estimate of drug-likeness (QED) is 0.632. The third-order valence-electron chi connectivity index (χ3n) is 3.33. The molecule has 4 heteroatoms. The minimum atomic E-state index is 0.226. The lowest BCUT2D eigenvalue weighted by Crippen LogP contribution is -2.54. The van der Waals surface area contributed by atoms with Crippen molar-refractivity contribution < 1.29 is 4.79 Å². The molecule has 2 N–H and O–H groups in total. The molecule has 4 nitrogen and oxygen atoms in total. The Morgan fingerprint density at radius 2 is 2.27 bits per heavy atom. The normalized spacial score (nSPS) is 32.7. The number of amides is 1. The summed E-state index contributed by atoms with van der Waals surface area (Å²) >= 11 is 0. The zero-order valence-electron chi connectivity index (χ0n) is 9.46. The Bertz CT molecular complexity index is 226. The Morgan fingerprint density at radius 1 is 1.40 bits per heavy atom. The Labute approximate surface area is 91.4 Å². The molecule has 0 spiro atoms. The fourth-order valence-electron chi connectivity index (χ4n) is 2.45. The summed E-state index contributed by atoms with van der Waals surface area (Å²) in [4.78, 5) is 14.2. The highest BCUT2D eigenvalue weighted by atomic mass is 16.2. The van der Waals surface area contributed by atoms with Crippen molar-refractivity contribution in [3.63, 3.8) is 0 Å². The molecule has 0 aromatic carbocycles. The van der Waals surface area contributed by atoms with E-state index in [0.29, 0.717) is 11.9 Å². The maximum atomic E-state index is 12.2. The van der Waals surface area contributed by atoms with Gasteiger partial charge in [0.15, 0.2) is 0 Å². The zero-order valence-corrected chi connectivity index (χ0v) is 9.46. The summed E-state index contributed by atoms with van der Waals surface area (Å²) in [6.45, 7) is 6.76. The van der Waals surface area contributed by atoms with Gasteiger partial charge >= 0.3 is 0 Å². The molecule has 0 unspecified atom stereocenters. The number of piperidine rings is 1. The summed E-state index contributed by atoms with van der Waals surface area (Å²) in [7, 11) is 0. The van der Waals surface area contributed by atoms with E-state index in [-0.39, 0.29) is 5.92 Å². The van der Waals surface area contributed by atoms with Crippen LogP contribution in [-0.4, -0.2) is 49.6 Å². The first-order chi connectivity index (χ1) is 7.27. The van der Waals surface area contributed by atoms with Crippen LogP contribution in [-0.2, 0) is 4.79 Å². The Balaban J connectivity index is 1.88. The number of piperazine rings is 1. The largest absolute Gasteiger partial charge is 0.340 e. The van der Waals surface area contributed by atoms with Gasteiger partial charge in [-0.2, -0.15) is 0 Å². The van der Waals surface area contributed by atoms with E-state index in [0.717, 1.165) is 45.6 Å². The van der Waals surface area contributed by atoms with Crippen molar-refractivity contribution in [1.82, 2.24) is 15.5 Å². The molecular formula is C11H21N3O. The van der Waals surface area contributed by atoms with Crippen molar-refractivity contribution in [3.8, 4) is 0 Å². The number of rotatable bonds is 1. The van der Waals surface area contributed by atoms with E-state index >= 15 is 0 Å². The average Bonchev–Trinajstić information content (AvgIpc) is 2.29. The molecule has 2 saturated heterocycles. The lowest BCUT2D eigenvalue weighted by Gasteiger charge is -2.35. The van der Waals surface area contributed by atoms with Crippen molar-refractivity contribution in [2.75, 3.05) is 32.7 Å². The smallest absolute Gasteiger partial charge is 0.227 e. The first kappa shape index (κ1) is 10.9. The van der Waals surface area contributed by atoms with E-state index in [1.807, 2.05) is 4.90 Å². The molecule has 0 radical (unpaired) electrons. The van der Waals surface area contributed by atoms with Crippen LogP contribution in [0.2, 0.25) is 0 Å². The van der Waals surface area contributed by atoms with Crippen molar-refractivity contribution in [2.45, 2.75) is 25.8 Å². The van der Waals surface area contributed by atoms with Gasteiger partial charge in [-0.1, -0.05) is 0 Å². The summed E-state index contributed by atoms with van der Waals surface area (Å²) in [5.41, 5.74) is 0. The number of nitrogens with one attached hydrogen (secondary N) is 2. The number of hydrogen-bond acceptors (Lipinski definition) is 3. The highest BCUT2D eigenvalue weighted by Crippen LogP contribution is 2.14. The van der Waals surface area contributed by atoms with Crippen molar-refractivity contribution >= 4 is 5.91 Å². The Kier molecular flexibility index (Phi) is 3.59. The minimum Gasteiger partial charge on any atom is -0.340 e. The molecule has 15 heavy (non-hydrogen) atoms. The fraction of sp³-hybridized carbons (Fsp3) is 0.909. The van der Waals surface area contributed by atoms with Crippen LogP contribution in [0.3, 0.4) is 0 Å². The lowest BCUT2D eigenvalue weighted by atomic mass is 9.97. The van der Waals surface area contributed by atoms with Crippen LogP contribution in [0.4, 0.5) is 0 Å². The van der Waals surface area contributed by atoms with Gasteiger partial charge in [0.1, 0.15) is 0 Å². The summed E-state index contributed by atoms with van der Waals surface area (Å²) in [6, 6.07) is 0.444. The van der Waals surface area contributed by atoms with Gasteiger partial charge in [-0.05, 0) is 26.3 Å². The highest BCUT2D eigenvalue weighted by Gasteiger charge is 2.28. The standard InChI is InChI=1S/C11H21N3O/c1-9-8-14(6-5-13-9)11(15)10-3-2-4-12-7-10/h9-10,12-13H,2-8H2,1H3/t9-,10+/m0/s1. The highest BCUT2D eigenvalue weighted by molar-refractivity contribution is 5.79. The lowest BCUT2D eigenvalue weighted by molar-refractivity contribution is -0.137. The van der Waals surface area contributed by atoms with Crippen LogP contribution in [0.5, 0.6) is 0 Å². The predicted octanol–water partition coefficient (Wildman–Crippen LogP) is -0.194. The van der Waals surface area contributed by atoms with Gasteiger partial charge in [0.2, 0.25) is 5.91 Å². The average molecular weight is 211 g/mol. The van der Waals surface area contributed by atoms with Crippen LogP contribution >= 0.6 is 0 Å². The van der Waals surface area contributed by atoms with Crippen LogP contribution in [0.15, 0.2) is 0 Å². The SMILES string of the molecule is C[C@H]1CN(C(=O)[C@@H]2CCCNC2)CCN1. The molecule has 0 aromatic heterocycles. The molecule has 2 aliphatic heterocycles. The zero-order chi connectivity index (χ0) is 10.7. The Hall–Kier alpha value is -0.610. The predicted molar refractivity (Wildman–Crippen MR) is 59.6 cm³/mol. The van der Waals surface area contributed by atoms with Crippen LogP contribution < -0.4 is 10.6 Å². The van der Waals surface area contributed by atoms with Crippen LogP contribution in [0.1, 0.15) is 19.8 Å². The second-order valence-corrected chi connectivity index (χ2v) is 4.68. The third kappa shape index (κ3) is 2.69. The first-order valence-electron chi connectivity index (χ1n) is 6.00.